The van der Waals surface area contributed by atoms with Gasteiger partial charge in [0.25, 0.3) is 0 Å². The summed E-state index contributed by atoms with van der Waals surface area (Å²) in [4.78, 5) is 16.7. The number of aryl methyl sites for hydroxylation is 1. The highest BCUT2D eigenvalue weighted by molar-refractivity contribution is 7.89. The molecule has 0 aliphatic heterocycles. The van der Waals surface area contributed by atoms with Crippen LogP contribution in [0.1, 0.15) is 5.56 Å². The van der Waals surface area contributed by atoms with Gasteiger partial charge >= 0.3 is 0 Å². The third-order valence-corrected chi connectivity index (χ3v) is 6.68. The van der Waals surface area contributed by atoms with Crippen molar-refractivity contribution in [3.63, 3.8) is 0 Å². The number of hydrogen-bond donors (Lipinski definition) is 1. The molecule has 2 aromatic carbocycles. The van der Waals surface area contributed by atoms with E-state index in [4.69, 9.17) is 11.6 Å². The molecule has 0 unspecified atom stereocenters. The molecule has 0 aliphatic rings. The zero-order valence-corrected chi connectivity index (χ0v) is 16.5. The molecule has 26 heavy (non-hydrogen) atoms. The number of rotatable bonds is 5. The summed E-state index contributed by atoms with van der Waals surface area (Å²) >= 11 is 7.22. The van der Waals surface area contributed by atoms with Crippen LogP contribution in [-0.2, 0) is 14.8 Å². The van der Waals surface area contributed by atoms with E-state index in [1.807, 2.05) is 6.92 Å². The number of anilines is 1. The van der Waals surface area contributed by atoms with E-state index >= 15 is 0 Å². The van der Waals surface area contributed by atoms with Gasteiger partial charge in [-0.1, -0.05) is 40.6 Å². The van der Waals surface area contributed by atoms with Gasteiger partial charge in [-0.05, 0) is 37.3 Å². The number of aromatic nitrogens is 1. The van der Waals surface area contributed by atoms with Crippen molar-refractivity contribution < 1.29 is 13.2 Å². The maximum atomic E-state index is 12.5. The summed E-state index contributed by atoms with van der Waals surface area (Å²) in [6, 6.07) is 11.7. The quantitative estimate of drug-likeness (QED) is 0.699. The summed E-state index contributed by atoms with van der Waals surface area (Å²) < 4.78 is 26.9. The molecule has 0 spiro atoms. The van der Waals surface area contributed by atoms with Crippen molar-refractivity contribution in [1.82, 2.24) is 9.29 Å². The summed E-state index contributed by atoms with van der Waals surface area (Å²) in [5, 5.41) is 3.62. The normalized spacial score (nSPS) is 11.8. The number of likely N-dealkylation sites (N-methyl/N-ethyl adjacent to an activating group) is 1. The number of carbonyl (C=O) groups is 1. The summed E-state index contributed by atoms with van der Waals surface area (Å²) in [5.41, 5.74) is 1.68. The van der Waals surface area contributed by atoms with Crippen molar-refractivity contribution in [1.29, 1.82) is 0 Å². The lowest BCUT2D eigenvalue weighted by Crippen LogP contribution is -2.34. The minimum Gasteiger partial charge on any atom is -0.301 e. The fourth-order valence-corrected chi connectivity index (χ4v) is 4.57. The van der Waals surface area contributed by atoms with Crippen LogP contribution < -0.4 is 5.32 Å². The summed E-state index contributed by atoms with van der Waals surface area (Å²) in [7, 11) is -2.37. The Bertz CT molecular complexity index is 1060. The number of nitrogens with zero attached hydrogens (tertiary/aromatic N) is 2. The van der Waals surface area contributed by atoms with Gasteiger partial charge in [-0.3, -0.25) is 4.79 Å². The Morgan fingerprint density at radius 2 is 1.92 bits per heavy atom. The first-order valence-corrected chi connectivity index (χ1v) is 10.3. The Hall–Kier alpha value is -2.00. The maximum Gasteiger partial charge on any atom is 0.243 e. The predicted octanol–water partition coefficient (Wildman–Crippen LogP) is 3.52. The number of nitrogens with one attached hydrogen (secondary N) is 1. The van der Waals surface area contributed by atoms with Crippen LogP contribution in [0, 0.1) is 6.92 Å². The van der Waals surface area contributed by atoms with Crippen molar-refractivity contribution in [3.8, 4) is 0 Å². The highest BCUT2D eigenvalue weighted by Gasteiger charge is 2.23. The van der Waals surface area contributed by atoms with Crippen molar-refractivity contribution in [2.45, 2.75) is 11.8 Å². The van der Waals surface area contributed by atoms with E-state index < -0.39 is 15.9 Å². The van der Waals surface area contributed by atoms with E-state index in [1.54, 1.807) is 30.3 Å². The van der Waals surface area contributed by atoms with Gasteiger partial charge in [-0.2, -0.15) is 4.31 Å². The van der Waals surface area contributed by atoms with Crippen LogP contribution in [0.25, 0.3) is 10.2 Å². The molecule has 0 aliphatic carbocycles. The zero-order chi connectivity index (χ0) is 18.9. The Morgan fingerprint density at radius 1 is 1.23 bits per heavy atom. The Labute approximate surface area is 160 Å². The van der Waals surface area contributed by atoms with Crippen LogP contribution in [0.2, 0.25) is 5.02 Å². The number of hydrogen-bond acceptors (Lipinski definition) is 5. The molecule has 1 N–H and O–H groups in total. The fourth-order valence-electron chi connectivity index (χ4n) is 2.29. The zero-order valence-electron chi connectivity index (χ0n) is 14.1. The average molecular weight is 410 g/mol. The van der Waals surface area contributed by atoms with Gasteiger partial charge in [0.2, 0.25) is 15.9 Å². The van der Waals surface area contributed by atoms with E-state index in [0.29, 0.717) is 10.2 Å². The molecule has 6 nitrogen and oxygen atoms in total. The first kappa shape index (κ1) is 18.8. The number of sulfonamides is 1. The largest absolute Gasteiger partial charge is 0.301 e. The molecule has 136 valence electrons. The predicted molar refractivity (Wildman–Crippen MR) is 104 cm³/mol. The van der Waals surface area contributed by atoms with Crippen molar-refractivity contribution >= 4 is 54.2 Å². The molecule has 0 fully saturated rings. The standard InChI is InChI=1S/C17H16ClN3O3S2/c1-11-3-6-13(7-4-11)26(23,24)21(2)10-16(22)20-17-19-14-8-5-12(18)9-15(14)25-17/h3-9H,10H2,1-2H3,(H,19,20,22). The second-order valence-electron chi connectivity index (χ2n) is 5.75. The van der Waals surface area contributed by atoms with E-state index in [-0.39, 0.29) is 11.4 Å². The lowest BCUT2D eigenvalue weighted by Gasteiger charge is -2.16. The van der Waals surface area contributed by atoms with Gasteiger partial charge < -0.3 is 5.32 Å². The van der Waals surface area contributed by atoms with E-state index in [2.05, 4.69) is 10.3 Å². The molecular weight excluding hydrogens is 394 g/mol. The number of fused-ring (bicyclic) bond motifs is 1. The first-order chi connectivity index (χ1) is 12.3. The van der Waals surface area contributed by atoms with Crippen LogP contribution in [-0.4, -0.2) is 37.2 Å². The molecular formula is C17H16ClN3O3S2. The second-order valence-corrected chi connectivity index (χ2v) is 9.27. The SMILES string of the molecule is Cc1ccc(S(=O)(=O)N(C)CC(=O)Nc2nc3ccc(Cl)cc3s2)cc1. The Morgan fingerprint density at radius 3 is 2.62 bits per heavy atom. The minimum absolute atomic E-state index is 0.146. The summed E-state index contributed by atoms with van der Waals surface area (Å²) in [6.45, 7) is 1.56. The van der Waals surface area contributed by atoms with Crippen LogP contribution >= 0.6 is 22.9 Å². The Balaban J connectivity index is 1.71. The van der Waals surface area contributed by atoms with E-state index in [0.717, 1.165) is 20.1 Å². The van der Waals surface area contributed by atoms with Crippen LogP contribution in [0.5, 0.6) is 0 Å². The third kappa shape index (κ3) is 4.04. The Kier molecular flexibility index (Phi) is 5.29. The van der Waals surface area contributed by atoms with Gasteiger partial charge in [0, 0.05) is 12.1 Å². The maximum absolute atomic E-state index is 12.5. The first-order valence-electron chi connectivity index (χ1n) is 7.64. The van der Waals surface area contributed by atoms with Gasteiger partial charge in [0.05, 0.1) is 21.7 Å². The lowest BCUT2D eigenvalue weighted by atomic mass is 10.2. The molecule has 9 heteroatoms. The van der Waals surface area contributed by atoms with Crippen molar-refractivity contribution in [2.24, 2.45) is 0 Å². The second kappa shape index (κ2) is 7.32. The van der Waals surface area contributed by atoms with E-state index in [1.165, 1.54) is 30.5 Å². The van der Waals surface area contributed by atoms with Gasteiger partial charge in [0.15, 0.2) is 5.13 Å². The monoisotopic (exact) mass is 409 g/mol. The van der Waals surface area contributed by atoms with E-state index in [9.17, 15) is 13.2 Å². The number of carbonyl (C=O) groups excluding carboxylic acids is 1. The third-order valence-electron chi connectivity index (χ3n) is 3.69. The molecule has 1 amide bonds. The average Bonchev–Trinajstić information content (AvgIpc) is 2.96. The molecule has 3 rings (SSSR count). The van der Waals surface area contributed by atoms with Gasteiger partial charge in [-0.15, -0.1) is 0 Å². The highest BCUT2D eigenvalue weighted by Crippen LogP contribution is 2.28. The molecule has 1 heterocycles. The van der Waals surface area contributed by atoms with Gasteiger partial charge in [-0.25, -0.2) is 13.4 Å². The smallest absolute Gasteiger partial charge is 0.243 e. The molecule has 0 atom stereocenters. The molecule has 1 aromatic heterocycles. The molecule has 3 aromatic rings. The van der Waals surface area contributed by atoms with Crippen LogP contribution in [0.3, 0.4) is 0 Å². The topological polar surface area (TPSA) is 79.4 Å². The molecule has 0 bridgehead atoms. The van der Waals surface area contributed by atoms with Crippen LogP contribution in [0.15, 0.2) is 47.4 Å². The number of halogens is 1. The van der Waals surface area contributed by atoms with Crippen LogP contribution in [0.4, 0.5) is 5.13 Å². The molecule has 0 saturated carbocycles. The van der Waals surface area contributed by atoms with Crippen molar-refractivity contribution in [3.05, 3.63) is 53.1 Å². The lowest BCUT2D eigenvalue weighted by molar-refractivity contribution is -0.116. The van der Waals surface area contributed by atoms with Crippen molar-refractivity contribution in [2.75, 3.05) is 18.9 Å². The molecule has 0 saturated heterocycles. The molecule has 0 radical (unpaired) electrons. The summed E-state index contributed by atoms with van der Waals surface area (Å²) in [5.74, 6) is -0.465. The fraction of sp³-hybridized carbons (Fsp3) is 0.176. The summed E-state index contributed by atoms with van der Waals surface area (Å²) in [6.07, 6.45) is 0. The number of thiazole rings is 1. The number of amides is 1. The highest BCUT2D eigenvalue weighted by atomic mass is 35.5. The number of benzene rings is 2. The van der Waals surface area contributed by atoms with Gasteiger partial charge in [0.1, 0.15) is 0 Å². The minimum atomic E-state index is -3.74.